The van der Waals surface area contributed by atoms with Crippen molar-refractivity contribution in [2.45, 2.75) is 39.2 Å². The molecule has 0 bridgehead atoms. The minimum absolute atomic E-state index is 0.247. The summed E-state index contributed by atoms with van der Waals surface area (Å²) >= 11 is 3.53. The van der Waals surface area contributed by atoms with Crippen molar-refractivity contribution < 1.29 is 4.74 Å². The van der Waals surface area contributed by atoms with Crippen LogP contribution in [-0.4, -0.2) is 19.7 Å². The van der Waals surface area contributed by atoms with E-state index >= 15 is 0 Å². The van der Waals surface area contributed by atoms with E-state index in [9.17, 15) is 0 Å². The first-order valence-corrected chi connectivity index (χ1v) is 7.35. The van der Waals surface area contributed by atoms with Crippen molar-refractivity contribution in [1.82, 2.24) is 5.32 Å². The van der Waals surface area contributed by atoms with Crippen LogP contribution in [0.4, 0.5) is 0 Å². The largest absolute Gasteiger partial charge is 0.496 e. The van der Waals surface area contributed by atoms with Gasteiger partial charge in [-0.05, 0) is 48.4 Å². The summed E-state index contributed by atoms with van der Waals surface area (Å²) in [5, 5.41) is 3.62. The lowest BCUT2D eigenvalue weighted by Crippen LogP contribution is -2.32. The zero-order valence-corrected chi connectivity index (χ0v) is 13.0. The van der Waals surface area contributed by atoms with Crippen molar-refractivity contribution in [2.24, 2.45) is 5.41 Å². The molecule has 1 fully saturated rings. The molecule has 0 aromatic heterocycles. The van der Waals surface area contributed by atoms with Gasteiger partial charge in [0.25, 0.3) is 0 Å². The summed E-state index contributed by atoms with van der Waals surface area (Å²) in [7, 11) is 1.74. The summed E-state index contributed by atoms with van der Waals surface area (Å²) in [5.74, 6) is 0.984. The average Bonchev–Trinajstić information content (AvgIpc) is 3.10. The van der Waals surface area contributed by atoms with Gasteiger partial charge in [0.05, 0.1) is 7.11 Å². The van der Waals surface area contributed by atoms with E-state index in [1.165, 1.54) is 18.4 Å². The Balaban J connectivity index is 2.03. The van der Waals surface area contributed by atoms with Crippen LogP contribution in [0.3, 0.4) is 0 Å². The Morgan fingerprint density at radius 1 is 1.39 bits per heavy atom. The number of rotatable bonds is 6. The Labute approximate surface area is 118 Å². The van der Waals surface area contributed by atoms with Crippen molar-refractivity contribution in [3.63, 3.8) is 0 Å². The zero-order chi connectivity index (χ0) is 13.2. The highest BCUT2D eigenvalue weighted by molar-refractivity contribution is 9.10. The van der Waals surface area contributed by atoms with Crippen molar-refractivity contribution >= 4 is 15.9 Å². The Hall–Kier alpha value is -0.540. The molecule has 100 valence electrons. The molecule has 1 N–H and O–H groups in total. The number of benzene rings is 1. The summed E-state index contributed by atoms with van der Waals surface area (Å²) in [6.07, 6.45) is 3.71. The van der Waals surface area contributed by atoms with E-state index in [1.807, 2.05) is 12.1 Å². The Morgan fingerprint density at radius 2 is 2.11 bits per heavy atom. The number of hydrogen-bond donors (Lipinski definition) is 1. The van der Waals surface area contributed by atoms with Crippen LogP contribution in [0.5, 0.6) is 5.75 Å². The predicted molar refractivity (Wildman–Crippen MR) is 79.2 cm³/mol. The topological polar surface area (TPSA) is 21.3 Å². The third-order valence-corrected chi connectivity index (χ3v) is 3.85. The monoisotopic (exact) mass is 311 g/mol. The van der Waals surface area contributed by atoms with E-state index in [4.69, 9.17) is 4.74 Å². The molecule has 0 atom stereocenters. The molecule has 18 heavy (non-hydrogen) atoms. The van der Waals surface area contributed by atoms with Gasteiger partial charge in [0, 0.05) is 17.1 Å². The maximum absolute atomic E-state index is 5.44. The molecule has 0 unspecified atom stereocenters. The average molecular weight is 312 g/mol. The molecule has 0 radical (unpaired) electrons. The number of methoxy groups -OCH3 is 1. The van der Waals surface area contributed by atoms with Gasteiger partial charge in [-0.25, -0.2) is 0 Å². The predicted octanol–water partition coefficient (Wildman–Crippen LogP) is 3.78. The number of hydrogen-bond acceptors (Lipinski definition) is 2. The molecule has 1 aromatic carbocycles. The maximum Gasteiger partial charge on any atom is 0.122 e. The molecule has 1 aliphatic rings. The van der Waals surface area contributed by atoms with E-state index in [-0.39, 0.29) is 5.41 Å². The Bertz CT molecular complexity index is 413. The smallest absolute Gasteiger partial charge is 0.122 e. The summed E-state index contributed by atoms with van der Waals surface area (Å²) in [4.78, 5) is 0. The molecular formula is C15H22BrNO. The van der Waals surface area contributed by atoms with Gasteiger partial charge in [0.2, 0.25) is 0 Å². The van der Waals surface area contributed by atoms with Crippen molar-refractivity contribution in [3.05, 3.63) is 28.2 Å². The van der Waals surface area contributed by atoms with Gasteiger partial charge >= 0.3 is 0 Å². The zero-order valence-electron chi connectivity index (χ0n) is 11.4. The normalized spacial score (nSPS) is 15.8. The number of halogens is 1. The lowest BCUT2D eigenvalue weighted by atomic mass is 9.85. The quantitative estimate of drug-likeness (QED) is 0.863. The van der Waals surface area contributed by atoms with E-state index in [1.54, 1.807) is 7.11 Å². The molecule has 2 nitrogen and oxygen atoms in total. The third kappa shape index (κ3) is 3.99. The Kier molecular flexibility index (Phi) is 4.33. The van der Waals surface area contributed by atoms with Crippen LogP contribution >= 0.6 is 15.9 Å². The summed E-state index contributed by atoms with van der Waals surface area (Å²) in [6.45, 7) is 5.68. The van der Waals surface area contributed by atoms with Crippen molar-refractivity contribution in [3.8, 4) is 5.75 Å². The molecule has 1 saturated carbocycles. The van der Waals surface area contributed by atoms with E-state index < -0.39 is 0 Å². The molecule has 0 heterocycles. The molecule has 2 rings (SSSR count). The van der Waals surface area contributed by atoms with E-state index in [0.717, 1.165) is 29.2 Å². The molecule has 1 aliphatic carbocycles. The molecular weight excluding hydrogens is 290 g/mol. The van der Waals surface area contributed by atoms with Crippen LogP contribution < -0.4 is 10.1 Å². The number of ether oxygens (including phenoxy) is 1. The highest BCUT2D eigenvalue weighted by Crippen LogP contribution is 2.30. The minimum Gasteiger partial charge on any atom is -0.496 e. The first-order valence-electron chi connectivity index (χ1n) is 6.56. The third-order valence-electron chi connectivity index (χ3n) is 3.36. The van der Waals surface area contributed by atoms with Gasteiger partial charge in [-0.1, -0.05) is 29.8 Å². The van der Waals surface area contributed by atoms with E-state index in [2.05, 4.69) is 41.2 Å². The van der Waals surface area contributed by atoms with Crippen LogP contribution in [0, 0.1) is 5.41 Å². The Morgan fingerprint density at radius 3 is 2.72 bits per heavy atom. The van der Waals surface area contributed by atoms with Gasteiger partial charge in [-0.15, -0.1) is 0 Å². The second-order valence-corrected chi connectivity index (χ2v) is 6.87. The second kappa shape index (κ2) is 5.62. The highest BCUT2D eigenvalue weighted by atomic mass is 79.9. The molecule has 0 saturated heterocycles. The number of nitrogens with one attached hydrogen (secondary N) is 1. The van der Waals surface area contributed by atoms with E-state index in [0.29, 0.717) is 0 Å². The van der Waals surface area contributed by atoms with Gasteiger partial charge in [0.15, 0.2) is 0 Å². The van der Waals surface area contributed by atoms with Crippen LogP contribution in [-0.2, 0) is 6.42 Å². The van der Waals surface area contributed by atoms with Crippen LogP contribution in [0.2, 0.25) is 0 Å². The van der Waals surface area contributed by atoms with Crippen LogP contribution in [0.1, 0.15) is 32.3 Å². The molecule has 0 aliphatic heterocycles. The summed E-state index contributed by atoms with van der Waals surface area (Å²) in [5.41, 5.74) is 1.52. The molecule has 0 amide bonds. The summed E-state index contributed by atoms with van der Waals surface area (Å²) < 4.78 is 6.56. The van der Waals surface area contributed by atoms with Gasteiger partial charge in [0.1, 0.15) is 5.75 Å². The van der Waals surface area contributed by atoms with Crippen LogP contribution in [0.15, 0.2) is 22.7 Å². The fourth-order valence-corrected chi connectivity index (χ4v) is 2.58. The fraction of sp³-hybridized carbons (Fsp3) is 0.600. The SMILES string of the molecule is COc1ccc(Br)cc1CC(C)(C)CNC1CC1. The second-order valence-electron chi connectivity index (χ2n) is 5.95. The maximum atomic E-state index is 5.44. The highest BCUT2D eigenvalue weighted by Gasteiger charge is 2.26. The lowest BCUT2D eigenvalue weighted by molar-refractivity contribution is 0.328. The molecule has 0 spiro atoms. The lowest BCUT2D eigenvalue weighted by Gasteiger charge is -2.26. The first-order chi connectivity index (χ1) is 8.50. The summed E-state index contributed by atoms with van der Waals surface area (Å²) in [6, 6.07) is 6.99. The van der Waals surface area contributed by atoms with Crippen LogP contribution in [0.25, 0.3) is 0 Å². The van der Waals surface area contributed by atoms with Crippen molar-refractivity contribution in [2.75, 3.05) is 13.7 Å². The molecule has 1 aromatic rings. The van der Waals surface area contributed by atoms with Gasteiger partial charge in [-0.3, -0.25) is 0 Å². The van der Waals surface area contributed by atoms with Gasteiger partial charge < -0.3 is 10.1 Å². The first kappa shape index (κ1) is 13.9. The standard InChI is InChI=1S/C15H22BrNO/c1-15(2,10-17-13-5-6-13)9-11-8-12(16)4-7-14(11)18-3/h4,7-8,13,17H,5-6,9-10H2,1-3H3. The van der Waals surface area contributed by atoms with Gasteiger partial charge in [-0.2, -0.15) is 0 Å². The minimum atomic E-state index is 0.247. The molecule has 3 heteroatoms. The fourth-order valence-electron chi connectivity index (χ4n) is 2.17. The van der Waals surface area contributed by atoms with Crippen molar-refractivity contribution in [1.29, 1.82) is 0 Å².